The summed E-state index contributed by atoms with van der Waals surface area (Å²) in [7, 11) is -5.60. The second-order valence-electron chi connectivity index (χ2n) is 8.75. The summed E-state index contributed by atoms with van der Waals surface area (Å²) in [5.74, 6) is -1.28. The molecule has 1 aromatic heterocycles. The lowest BCUT2D eigenvalue weighted by molar-refractivity contribution is -0.123. The highest BCUT2D eigenvalue weighted by Gasteiger charge is 2.52. The average molecular weight is 548 g/mol. The minimum atomic E-state index is -5.60. The first-order valence-electron chi connectivity index (χ1n) is 11.0. The zero-order valence-corrected chi connectivity index (χ0v) is 20.8. The standard InChI is InChI=1S/C25H20F3N3O6S/c1-24(2)22(33)31(18-8-10-19(11-9-18)38(35,36)25(26,27)28)23(34)30(24)15-17-12-13-29-14-20(17)37-21(32)16-6-4-3-5-7-16/h3-14H,15H2,1-2H3. The third kappa shape index (κ3) is 4.72. The Bertz CT molecular complexity index is 1510. The fraction of sp³-hybridized carbons (Fsp3) is 0.200. The minimum absolute atomic E-state index is 0.0672. The zero-order chi connectivity index (χ0) is 27.9. The fourth-order valence-electron chi connectivity index (χ4n) is 3.77. The number of aromatic nitrogens is 1. The molecule has 3 aromatic rings. The maximum absolute atomic E-state index is 13.3. The summed E-state index contributed by atoms with van der Waals surface area (Å²) in [4.78, 5) is 44.0. The van der Waals surface area contributed by atoms with Crippen molar-refractivity contribution in [3.63, 3.8) is 0 Å². The summed E-state index contributed by atoms with van der Waals surface area (Å²) < 4.78 is 67.4. The normalized spacial score (nSPS) is 15.6. The first-order chi connectivity index (χ1) is 17.7. The van der Waals surface area contributed by atoms with E-state index in [-0.39, 0.29) is 23.5 Å². The average Bonchev–Trinajstić information content (AvgIpc) is 3.04. The lowest BCUT2D eigenvalue weighted by atomic mass is 10.0. The van der Waals surface area contributed by atoms with Gasteiger partial charge in [0.25, 0.3) is 15.7 Å². The Morgan fingerprint density at radius 2 is 1.63 bits per heavy atom. The van der Waals surface area contributed by atoms with Gasteiger partial charge in [-0.25, -0.2) is 22.9 Å². The van der Waals surface area contributed by atoms with E-state index >= 15 is 0 Å². The van der Waals surface area contributed by atoms with Crippen LogP contribution in [0.2, 0.25) is 0 Å². The van der Waals surface area contributed by atoms with Crippen LogP contribution < -0.4 is 9.64 Å². The molecule has 9 nitrogen and oxygen atoms in total. The van der Waals surface area contributed by atoms with E-state index in [4.69, 9.17) is 4.74 Å². The van der Waals surface area contributed by atoms with E-state index in [2.05, 4.69) is 4.98 Å². The summed E-state index contributed by atoms with van der Waals surface area (Å²) in [5.41, 5.74) is -6.36. The highest BCUT2D eigenvalue weighted by Crippen LogP contribution is 2.36. The summed E-state index contributed by atoms with van der Waals surface area (Å²) in [6.07, 6.45) is 2.71. The monoisotopic (exact) mass is 547 g/mol. The van der Waals surface area contributed by atoms with Gasteiger partial charge < -0.3 is 9.64 Å². The first kappa shape index (κ1) is 26.8. The smallest absolute Gasteiger partial charge is 0.421 e. The fourth-order valence-corrected chi connectivity index (χ4v) is 4.53. The number of halogens is 3. The van der Waals surface area contributed by atoms with Gasteiger partial charge in [-0.05, 0) is 56.3 Å². The molecule has 1 aliphatic rings. The quantitative estimate of drug-likeness (QED) is 0.333. The van der Waals surface area contributed by atoms with Crippen LogP contribution in [0.25, 0.3) is 0 Å². The molecule has 13 heteroatoms. The Morgan fingerprint density at radius 1 is 1.00 bits per heavy atom. The molecule has 0 aliphatic carbocycles. The number of rotatable bonds is 6. The van der Waals surface area contributed by atoms with Crippen LogP contribution in [-0.2, 0) is 21.2 Å². The second-order valence-corrected chi connectivity index (χ2v) is 10.7. The molecule has 0 bridgehead atoms. The van der Waals surface area contributed by atoms with Crippen LogP contribution >= 0.6 is 0 Å². The molecular formula is C25H20F3N3O6S. The van der Waals surface area contributed by atoms with Gasteiger partial charge >= 0.3 is 17.5 Å². The molecule has 0 atom stereocenters. The number of alkyl halides is 3. The van der Waals surface area contributed by atoms with Crippen molar-refractivity contribution in [2.24, 2.45) is 0 Å². The number of anilines is 1. The number of hydrogen-bond acceptors (Lipinski definition) is 7. The molecule has 2 heterocycles. The van der Waals surface area contributed by atoms with Crippen molar-refractivity contribution < 1.29 is 40.7 Å². The molecule has 0 radical (unpaired) electrons. The first-order valence-corrected chi connectivity index (χ1v) is 12.5. The number of carbonyl (C=O) groups is 3. The Kier molecular flexibility index (Phi) is 6.74. The molecule has 4 rings (SSSR count). The van der Waals surface area contributed by atoms with Crippen molar-refractivity contribution in [1.82, 2.24) is 9.88 Å². The molecular weight excluding hydrogens is 527 g/mol. The maximum atomic E-state index is 13.3. The second kappa shape index (κ2) is 9.56. The number of sulfone groups is 1. The highest BCUT2D eigenvalue weighted by atomic mass is 32.2. The molecule has 1 aliphatic heterocycles. The van der Waals surface area contributed by atoms with Gasteiger partial charge in [-0.15, -0.1) is 0 Å². The lowest BCUT2D eigenvalue weighted by Gasteiger charge is -2.28. The van der Waals surface area contributed by atoms with Gasteiger partial charge in [0.15, 0.2) is 5.75 Å². The molecule has 1 saturated heterocycles. The largest absolute Gasteiger partial charge is 0.501 e. The Morgan fingerprint density at radius 3 is 2.24 bits per heavy atom. The lowest BCUT2D eigenvalue weighted by Crippen LogP contribution is -2.43. The molecule has 0 unspecified atom stereocenters. The van der Waals surface area contributed by atoms with Crippen molar-refractivity contribution in [3.05, 3.63) is 84.2 Å². The summed E-state index contributed by atoms with van der Waals surface area (Å²) in [5, 5.41) is 0. The van der Waals surface area contributed by atoms with Gasteiger partial charge in [-0.1, -0.05) is 18.2 Å². The Labute approximate surface area is 215 Å². The van der Waals surface area contributed by atoms with Gasteiger partial charge in [0.2, 0.25) is 0 Å². The molecule has 0 spiro atoms. The highest BCUT2D eigenvalue weighted by molar-refractivity contribution is 7.92. The molecule has 3 amide bonds. The molecule has 0 N–H and O–H groups in total. The van der Waals surface area contributed by atoms with Crippen molar-refractivity contribution >= 4 is 33.4 Å². The van der Waals surface area contributed by atoms with E-state index in [1.54, 1.807) is 30.3 Å². The van der Waals surface area contributed by atoms with Crippen LogP contribution in [0.3, 0.4) is 0 Å². The maximum Gasteiger partial charge on any atom is 0.501 e. The number of carbonyl (C=O) groups excluding carboxylic acids is 3. The number of nitrogens with zero attached hydrogens (tertiary/aromatic N) is 3. The van der Waals surface area contributed by atoms with Crippen molar-refractivity contribution in [3.8, 4) is 5.75 Å². The van der Waals surface area contributed by atoms with Crippen LogP contribution in [-0.4, -0.2) is 47.3 Å². The summed E-state index contributed by atoms with van der Waals surface area (Å²) in [6, 6.07) is 12.2. The molecule has 1 fully saturated rings. The van der Waals surface area contributed by atoms with Crippen LogP contribution in [0.15, 0.2) is 78.0 Å². The SMILES string of the molecule is CC1(C)C(=O)N(c2ccc(S(=O)(=O)C(F)(F)F)cc2)C(=O)N1Cc1ccncc1OC(=O)c1ccccc1. The topological polar surface area (TPSA) is 114 Å². The third-order valence-electron chi connectivity index (χ3n) is 5.94. The van der Waals surface area contributed by atoms with Crippen LogP contribution in [0.1, 0.15) is 29.8 Å². The van der Waals surface area contributed by atoms with E-state index < -0.39 is 43.7 Å². The predicted octanol–water partition coefficient (Wildman–Crippen LogP) is 4.34. The number of ether oxygens (including phenoxy) is 1. The van der Waals surface area contributed by atoms with E-state index in [0.717, 1.165) is 17.0 Å². The van der Waals surface area contributed by atoms with Gasteiger partial charge in [-0.2, -0.15) is 13.2 Å². The predicted molar refractivity (Wildman–Crippen MR) is 128 cm³/mol. The molecule has 198 valence electrons. The molecule has 2 aromatic carbocycles. The van der Waals surface area contributed by atoms with Gasteiger partial charge in [0.1, 0.15) is 5.54 Å². The van der Waals surface area contributed by atoms with Gasteiger partial charge in [0, 0.05) is 11.8 Å². The van der Waals surface area contributed by atoms with E-state index in [0.29, 0.717) is 17.7 Å². The van der Waals surface area contributed by atoms with Crippen molar-refractivity contribution in [2.45, 2.75) is 36.3 Å². The van der Waals surface area contributed by atoms with E-state index in [1.807, 2.05) is 0 Å². The number of hydrogen-bond donors (Lipinski definition) is 0. The molecule has 38 heavy (non-hydrogen) atoms. The van der Waals surface area contributed by atoms with E-state index in [9.17, 15) is 36.0 Å². The zero-order valence-electron chi connectivity index (χ0n) is 20.0. The van der Waals surface area contributed by atoms with Gasteiger partial charge in [0.05, 0.1) is 28.9 Å². The number of benzene rings is 2. The van der Waals surface area contributed by atoms with Crippen LogP contribution in [0.5, 0.6) is 5.75 Å². The molecule has 0 saturated carbocycles. The minimum Gasteiger partial charge on any atom is -0.421 e. The summed E-state index contributed by atoms with van der Waals surface area (Å²) >= 11 is 0. The number of urea groups is 1. The Hall–Kier alpha value is -4.26. The van der Waals surface area contributed by atoms with Crippen LogP contribution in [0, 0.1) is 0 Å². The van der Waals surface area contributed by atoms with Crippen molar-refractivity contribution in [1.29, 1.82) is 0 Å². The Balaban J connectivity index is 1.61. The van der Waals surface area contributed by atoms with E-state index in [1.165, 1.54) is 37.2 Å². The number of esters is 1. The van der Waals surface area contributed by atoms with Gasteiger partial charge in [-0.3, -0.25) is 9.78 Å². The van der Waals surface area contributed by atoms with Crippen molar-refractivity contribution in [2.75, 3.05) is 4.90 Å². The third-order valence-corrected chi connectivity index (χ3v) is 7.45. The number of imide groups is 1. The number of amides is 3. The number of pyridine rings is 1. The summed E-state index contributed by atoms with van der Waals surface area (Å²) in [6.45, 7) is 2.79. The van der Waals surface area contributed by atoms with Crippen LogP contribution in [0.4, 0.5) is 23.7 Å².